The molecule has 0 saturated carbocycles. The number of likely N-dealkylation sites (N-methyl/N-ethyl adjacent to an activating group) is 1. The van der Waals surface area contributed by atoms with Crippen molar-refractivity contribution in [3.05, 3.63) is 0 Å². The van der Waals surface area contributed by atoms with Gasteiger partial charge in [0.25, 0.3) is 0 Å². The van der Waals surface area contributed by atoms with E-state index < -0.39 is 6.09 Å². The van der Waals surface area contributed by atoms with Gasteiger partial charge in [-0.2, -0.15) is 0 Å². The van der Waals surface area contributed by atoms with E-state index in [2.05, 4.69) is 6.92 Å². The van der Waals surface area contributed by atoms with Crippen LogP contribution in [0.1, 0.15) is 97.3 Å². The molecule has 5 nitrogen and oxygen atoms in total. The van der Waals surface area contributed by atoms with E-state index in [1.54, 1.807) is 7.05 Å². The van der Waals surface area contributed by atoms with Gasteiger partial charge in [0.15, 0.2) is 0 Å². The van der Waals surface area contributed by atoms with Crippen molar-refractivity contribution in [2.45, 2.75) is 97.3 Å². The Hall–Kier alpha value is -1.26. The summed E-state index contributed by atoms with van der Waals surface area (Å²) < 4.78 is 10.1. The van der Waals surface area contributed by atoms with Crippen molar-refractivity contribution >= 4 is 12.1 Å². The first kappa shape index (κ1) is 24.7. The van der Waals surface area contributed by atoms with Crippen LogP contribution in [0.15, 0.2) is 0 Å². The number of unbranched alkanes of at least 4 members (excludes halogenated alkanes) is 11. The molecule has 26 heavy (non-hydrogen) atoms. The number of hydrogen-bond acceptors (Lipinski definition) is 4. The molecular weight excluding hydrogens is 330 g/mol. The number of hydrogen-bond donors (Lipinski definition) is 0. The molecule has 1 amide bonds. The molecule has 0 bridgehead atoms. The number of carbonyl (C=O) groups excluding carboxylic acids is 2. The number of esters is 1. The summed E-state index contributed by atoms with van der Waals surface area (Å²) in [5, 5.41) is 0. The average Bonchev–Trinajstić information content (AvgIpc) is 2.63. The molecular formula is C21H41NO4. The minimum absolute atomic E-state index is 0.0548. The van der Waals surface area contributed by atoms with Crippen molar-refractivity contribution in [3.63, 3.8) is 0 Å². The first-order chi connectivity index (χ1) is 12.6. The first-order valence-electron chi connectivity index (χ1n) is 10.6. The Morgan fingerprint density at radius 1 is 0.654 bits per heavy atom. The third-order valence-electron chi connectivity index (χ3n) is 4.37. The van der Waals surface area contributed by atoms with Gasteiger partial charge in [0.2, 0.25) is 0 Å². The zero-order valence-corrected chi connectivity index (χ0v) is 17.4. The van der Waals surface area contributed by atoms with Crippen molar-refractivity contribution in [2.24, 2.45) is 0 Å². The Morgan fingerprint density at radius 3 is 1.65 bits per heavy atom. The second-order valence-corrected chi connectivity index (χ2v) is 7.08. The number of ether oxygens (including phenoxy) is 2. The van der Waals surface area contributed by atoms with Crippen LogP contribution in [-0.4, -0.2) is 43.8 Å². The third-order valence-corrected chi connectivity index (χ3v) is 4.37. The van der Waals surface area contributed by atoms with E-state index >= 15 is 0 Å². The summed E-state index contributed by atoms with van der Waals surface area (Å²) in [6, 6.07) is 0. The second-order valence-electron chi connectivity index (χ2n) is 7.08. The fourth-order valence-corrected chi connectivity index (χ4v) is 2.73. The number of carbonyl (C=O) groups is 2. The van der Waals surface area contributed by atoms with E-state index in [9.17, 15) is 9.59 Å². The predicted molar refractivity (Wildman–Crippen MR) is 106 cm³/mol. The van der Waals surface area contributed by atoms with Crippen molar-refractivity contribution in [1.29, 1.82) is 0 Å². The highest BCUT2D eigenvalue weighted by Gasteiger charge is 2.14. The molecule has 0 saturated heterocycles. The van der Waals surface area contributed by atoms with Gasteiger partial charge in [-0.3, -0.25) is 4.79 Å². The van der Waals surface area contributed by atoms with E-state index in [1.807, 2.05) is 6.92 Å². The highest BCUT2D eigenvalue weighted by molar-refractivity contribution is 5.77. The lowest BCUT2D eigenvalue weighted by Gasteiger charge is -2.15. The normalized spacial score (nSPS) is 10.6. The van der Waals surface area contributed by atoms with Crippen LogP contribution in [0.4, 0.5) is 4.79 Å². The fourth-order valence-electron chi connectivity index (χ4n) is 2.73. The van der Waals surface area contributed by atoms with Crippen LogP contribution >= 0.6 is 0 Å². The Morgan fingerprint density at radius 2 is 1.15 bits per heavy atom. The highest BCUT2D eigenvalue weighted by Crippen LogP contribution is 2.11. The molecule has 0 atom stereocenters. The van der Waals surface area contributed by atoms with E-state index in [1.165, 1.54) is 69.1 Å². The predicted octanol–water partition coefficient (Wildman–Crippen LogP) is 5.71. The van der Waals surface area contributed by atoms with Crippen LogP contribution < -0.4 is 0 Å². The molecule has 0 aromatic heterocycles. The molecule has 154 valence electrons. The maximum absolute atomic E-state index is 11.7. The summed E-state index contributed by atoms with van der Waals surface area (Å²) in [4.78, 5) is 24.4. The quantitative estimate of drug-likeness (QED) is 0.243. The van der Waals surface area contributed by atoms with Gasteiger partial charge in [-0.25, -0.2) is 4.79 Å². The van der Waals surface area contributed by atoms with Crippen molar-refractivity contribution in [3.8, 4) is 0 Å². The van der Waals surface area contributed by atoms with Crippen LogP contribution in [0.2, 0.25) is 0 Å². The number of amides is 1. The van der Waals surface area contributed by atoms with E-state index in [0.717, 1.165) is 19.3 Å². The second kappa shape index (κ2) is 18.5. The average molecular weight is 372 g/mol. The summed E-state index contributed by atoms with van der Waals surface area (Å²) >= 11 is 0. The lowest BCUT2D eigenvalue weighted by Crippen LogP contribution is -2.33. The lowest BCUT2D eigenvalue weighted by atomic mass is 10.1. The van der Waals surface area contributed by atoms with Gasteiger partial charge in [-0.15, -0.1) is 0 Å². The molecule has 0 aliphatic heterocycles. The van der Waals surface area contributed by atoms with Crippen molar-refractivity contribution in [1.82, 2.24) is 4.90 Å². The minimum Gasteiger partial charge on any atom is -0.464 e. The first-order valence-corrected chi connectivity index (χ1v) is 10.6. The van der Waals surface area contributed by atoms with Gasteiger partial charge in [0.1, 0.15) is 6.54 Å². The summed E-state index contributed by atoms with van der Waals surface area (Å²) in [6.45, 7) is 4.94. The van der Waals surface area contributed by atoms with Crippen molar-refractivity contribution < 1.29 is 19.1 Å². The van der Waals surface area contributed by atoms with Crippen molar-refractivity contribution in [2.75, 3.05) is 26.8 Å². The SMILES string of the molecule is CCCCCCCCCCCCCCOC(=O)CN(C)C(=O)OCCC. The van der Waals surface area contributed by atoms with Crippen LogP contribution in [0, 0.1) is 0 Å². The molecule has 0 aliphatic rings. The maximum Gasteiger partial charge on any atom is 0.410 e. The summed E-state index contributed by atoms with van der Waals surface area (Å²) in [5.41, 5.74) is 0. The molecule has 0 fully saturated rings. The van der Waals surface area contributed by atoms with Gasteiger partial charge in [-0.05, 0) is 12.8 Å². The molecule has 5 heteroatoms. The van der Waals surface area contributed by atoms with Gasteiger partial charge >= 0.3 is 12.1 Å². The summed E-state index contributed by atoms with van der Waals surface area (Å²) in [7, 11) is 1.54. The Bertz CT molecular complexity index is 347. The largest absolute Gasteiger partial charge is 0.464 e. The number of nitrogens with zero attached hydrogens (tertiary/aromatic N) is 1. The van der Waals surface area contributed by atoms with Gasteiger partial charge in [-0.1, -0.05) is 84.5 Å². The maximum atomic E-state index is 11.7. The Balaban J connectivity index is 3.36. The molecule has 0 spiro atoms. The van der Waals surface area contributed by atoms with Gasteiger partial charge in [0.05, 0.1) is 13.2 Å². The highest BCUT2D eigenvalue weighted by atomic mass is 16.6. The molecule has 0 unspecified atom stereocenters. The van der Waals surface area contributed by atoms with Crippen LogP contribution in [0.5, 0.6) is 0 Å². The standard InChI is InChI=1S/C21H41NO4/c1-4-6-7-8-9-10-11-12-13-14-15-16-18-25-20(23)19-22(3)21(24)26-17-5-2/h4-19H2,1-3H3. The molecule has 0 heterocycles. The fraction of sp³-hybridized carbons (Fsp3) is 0.905. The summed E-state index contributed by atoms with van der Waals surface area (Å²) in [5.74, 6) is -0.371. The Kier molecular flexibility index (Phi) is 17.6. The third kappa shape index (κ3) is 16.2. The topological polar surface area (TPSA) is 55.8 Å². The van der Waals surface area contributed by atoms with E-state index in [-0.39, 0.29) is 12.5 Å². The van der Waals surface area contributed by atoms with Crippen LogP contribution in [-0.2, 0) is 14.3 Å². The van der Waals surface area contributed by atoms with Gasteiger partial charge in [0, 0.05) is 7.05 Å². The monoisotopic (exact) mass is 371 g/mol. The Labute approximate surface area is 160 Å². The molecule has 0 aromatic carbocycles. The summed E-state index contributed by atoms with van der Waals surface area (Å²) in [6.07, 6.45) is 15.7. The molecule has 0 N–H and O–H groups in total. The zero-order valence-electron chi connectivity index (χ0n) is 17.4. The van der Waals surface area contributed by atoms with Gasteiger partial charge < -0.3 is 14.4 Å². The number of rotatable bonds is 17. The van der Waals surface area contributed by atoms with E-state index in [4.69, 9.17) is 9.47 Å². The van der Waals surface area contributed by atoms with Crippen LogP contribution in [0.25, 0.3) is 0 Å². The smallest absolute Gasteiger partial charge is 0.410 e. The zero-order chi connectivity index (χ0) is 19.5. The van der Waals surface area contributed by atoms with Crippen LogP contribution in [0.3, 0.4) is 0 Å². The molecule has 0 radical (unpaired) electrons. The molecule has 0 rings (SSSR count). The molecule has 0 aromatic rings. The minimum atomic E-state index is -0.478. The van der Waals surface area contributed by atoms with E-state index in [0.29, 0.717) is 13.2 Å². The molecule has 0 aliphatic carbocycles. The lowest BCUT2D eigenvalue weighted by molar-refractivity contribution is -0.144.